The van der Waals surface area contributed by atoms with Gasteiger partial charge in [-0.05, 0) is 22.9 Å². The molecule has 0 unspecified atom stereocenters. The van der Waals surface area contributed by atoms with E-state index in [1.54, 1.807) is 18.2 Å². The first-order chi connectivity index (χ1) is 13.9. The molecule has 0 amide bonds. The largest absolute Gasteiger partial charge is 0.394 e. The summed E-state index contributed by atoms with van der Waals surface area (Å²) in [4.78, 5) is -0.0730. The molecule has 0 saturated carbocycles. The van der Waals surface area contributed by atoms with Crippen LogP contribution in [0.3, 0.4) is 0 Å². The number of fused-ring (bicyclic) bond motifs is 1. The number of benzene rings is 3. The molecule has 3 aromatic carbocycles. The molecule has 0 radical (unpaired) electrons. The number of hydrogen-bond acceptors (Lipinski definition) is 5. The molecule has 156 valence electrons. The molecule has 8 nitrogen and oxygen atoms in total. The third-order valence-electron chi connectivity index (χ3n) is 3.47. The van der Waals surface area contributed by atoms with Crippen LogP contribution >= 0.6 is 0 Å². The molecule has 11 heteroatoms. The third-order valence-corrected chi connectivity index (χ3v) is 5.14. The molecule has 0 aliphatic heterocycles. The summed E-state index contributed by atoms with van der Waals surface area (Å²) in [6.45, 7) is 4.19. The van der Waals surface area contributed by atoms with Crippen molar-refractivity contribution in [1.82, 2.24) is 0 Å². The molecule has 0 saturated heterocycles. The van der Waals surface area contributed by atoms with E-state index >= 15 is 0 Å². The van der Waals surface area contributed by atoms with E-state index in [1.165, 1.54) is 14.9 Å². The van der Waals surface area contributed by atoms with E-state index in [1.807, 2.05) is 36.4 Å². The molecule has 0 heterocycles. The topological polar surface area (TPSA) is 138 Å². The predicted molar refractivity (Wildman–Crippen MR) is 115 cm³/mol. The summed E-state index contributed by atoms with van der Waals surface area (Å²) in [7, 11) is -8.76. The summed E-state index contributed by atoms with van der Waals surface area (Å²) in [6, 6.07) is 20.0. The second-order valence-electron chi connectivity index (χ2n) is 5.80. The standard InChI is InChI=1S/C10H8O3S.C9H9O.Na.H2O4S/c11-14(12,13)10-6-5-8-3-1-2-4-9(8)7-10;1-2-8-10-9-6-4-3-5-7-9;;1-5(2,3)4/h1-7H,(H,11,12,13);2-6H,1,8H2;;(H2,1,2,3,4). The molecular formula is C19H19NaO8S2. The molecule has 0 fully saturated rings. The number of para-hydroxylation sites is 1. The summed E-state index contributed by atoms with van der Waals surface area (Å²) >= 11 is 1.03. The zero-order chi connectivity index (χ0) is 22.8. The van der Waals surface area contributed by atoms with E-state index in [0.717, 1.165) is 44.5 Å². The molecule has 3 aromatic rings. The Morgan fingerprint density at radius 3 is 1.93 bits per heavy atom. The van der Waals surface area contributed by atoms with Crippen molar-refractivity contribution in [3.05, 3.63) is 79.4 Å². The molecule has 0 atom stereocenters. The van der Waals surface area contributed by atoms with Gasteiger partial charge in [0.05, 0.1) is 4.90 Å². The van der Waals surface area contributed by atoms with Crippen LogP contribution in [0.15, 0.2) is 84.3 Å². The van der Waals surface area contributed by atoms with Crippen LogP contribution in [0.5, 0.6) is 5.75 Å². The van der Waals surface area contributed by atoms with Crippen LogP contribution in [0.25, 0.3) is 10.8 Å². The molecule has 3 N–H and O–H groups in total. The monoisotopic (exact) mass is 462 g/mol. The first kappa shape index (κ1) is 26.3. The Bertz CT molecular complexity index is 1180. The number of ether oxygens (including phenoxy) is 1. The first-order valence-electron chi connectivity index (χ1n) is 8.37. The summed E-state index contributed by atoms with van der Waals surface area (Å²) in [5.74, 6) is 0.999. The minimum absolute atomic E-state index is 0.0730. The average Bonchev–Trinajstić information content (AvgIpc) is 2.65. The van der Waals surface area contributed by atoms with Crippen molar-refractivity contribution in [2.45, 2.75) is 4.90 Å². The molecule has 30 heavy (non-hydrogen) atoms. The summed E-state index contributed by atoms with van der Waals surface area (Å²) < 4.78 is 68.8. The summed E-state index contributed by atoms with van der Waals surface area (Å²) in [6.07, 6.45) is 1.76. The van der Waals surface area contributed by atoms with Crippen molar-refractivity contribution in [2.24, 2.45) is 0 Å². The fraction of sp³-hybridized carbons (Fsp3) is 0.0526. The van der Waals surface area contributed by atoms with Gasteiger partial charge in [0.2, 0.25) is 0 Å². The zero-order valence-corrected chi connectivity index (χ0v) is 19.7. The van der Waals surface area contributed by atoms with Gasteiger partial charge in [0.25, 0.3) is 10.1 Å². The maximum Gasteiger partial charge on any atom is 0.394 e. The molecular weight excluding hydrogens is 443 g/mol. The SMILES string of the molecule is C=CCOc1cccc[c]1[Na].O=S(=O)(O)O.O=S(=O)(O)c1ccc2ccccc2c1. The Hall–Kier alpha value is -1.76. The van der Waals surface area contributed by atoms with E-state index in [2.05, 4.69) is 12.6 Å². The van der Waals surface area contributed by atoms with E-state index in [4.69, 9.17) is 26.8 Å². The minimum atomic E-state index is -4.67. The van der Waals surface area contributed by atoms with Gasteiger partial charge >= 0.3 is 95.2 Å². The Morgan fingerprint density at radius 1 is 0.867 bits per heavy atom. The van der Waals surface area contributed by atoms with Crippen molar-refractivity contribution in [3.8, 4) is 5.75 Å². The quantitative estimate of drug-likeness (QED) is 0.305. The summed E-state index contributed by atoms with van der Waals surface area (Å²) in [5, 5.41) is 1.74. The van der Waals surface area contributed by atoms with Crippen LogP contribution in [-0.2, 0) is 20.5 Å². The molecule has 0 aromatic heterocycles. The van der Waals surface area contributed by atoms with Gasteiger partial charge < -0.3 is 0 Å². The molecule has 3 rings (SSSR count). The van der Waals surface area contributed by atoms with Gasteiger partial charge in [-0.3, -0.25) is 13.7 Å². The van der Waals surface area contributed by atoms with Crippen LogP contribution in [0.2, 0.25) is 0 Å². The van der Waals surface area contributed by atoms with Crippen molar-refractivity contribution in [2.75, 3.05) is 6.61 Å². The molecule has 0 spiro atoms. The van der Waals surface area contributed by atoms with Gasteiger partial charge in [0, 0.05) is 0 Å². The maximum absolute atomic E-state index is 10.8. The van der Waals surface area contributed by atoms with Crippen LogP contribution in [0.4, 0.5) is 0 Å². The second-order valence-corrected chi connectivity index (χ2v) is 9.19. The fourth-order valence-corrected chi connectivity index (χ4v) is 3.21. The average molecular weight is 462 g/mol. The normalized spacial score (nSPS) is 10.8. The predicted octanol–water partition coefficient (Wildman–Crippen LogP) is 2.48. The Balaban J connectivity index is 0.000000251. The van der Waals surface area contributed by atoms with Gasteiger partial charge in [0.1, 0.15) is 0 Å². The third kappa shape index (κ3) is 10.9. The van der Waals surface area contributed by atoms with E-state index in [-0.39, 0.29) is 4.90 Å². The molecule has 0 aliphatic rings. The van der Waals surface area contributed by atoms with Gasteiger partial charge in [-0.1, -0.05) is 30.3 Å². The minimum Gasteiger partial charge on any atom is -0.282 e. The molecule has 0 aliphatic carbocycles. The van der Waals surface area contributed by atoms with E-state index < -0.39 is 20.5 Å². The van der Waals surface area contributed by atoms with Crippen molar-refractivity contribution >= 4 is 62.0 Å². The van der Waals surface area contributed by atoms with Crippen LogP contribution < -0.4 is 7.55 Å². The van der Waals surface area contributed by atoms with Crippen LogP contribution in [-0.4, -0.2) is 65.0 Å². The Morgan fingerprint density at radius 2 is 1.40 bits per heavy atom. The van der Waals surface area contributed by atoms with Crippen LogP contribution in [0, 0.1) is 0 Å². The Kier molecular flexibility index (Phi) is 10.7. The molecule has 0 bridgehead atoms. The maximum atomic E-state index is 10.8. The number of hydrogen-bond donors (Lipinski definition) is 3. The van der Waals surface area contributed by atoms with Gasteiger partial charge in [0.15, 0.2) is 0 Å². The van der Waals surface area contributed by atoms with Crippen molar-refractivity contribution in [1.29, 1.82) is 0 Å². The van der Waals surface area contributed by atoms with Crippen LogP contribution in [0.1, 0.15) is 0 Å². The number of rotatable bonds is 4. The first-order valence-corrected chi connectivity index (χ1v) is 12.2. The Labute approximate surface area is 192 Å². The van der Waals surface area contributed by atoms with Gasteiger partial charge in [-0.25, -0.2) is 0 Å². The van der Waals surface area contributed by atoms with Gasteiger partial charge in [-0.15, -0.1) is 0 Å². The van der Waals surface area contributed by atoms with Crippen molar-refractivity contribution in [3.63, 3.8) is 0 Å². The van der Waals surface area contributed by atoms with Crippen molar-refractivity contribution < 1.29 is 35.2 Å². The zero-order valence-electron chi connectivity index (χ0n) is 16.0. The summed E-state index contributed by atoms with van der Waals surface area (Å²) in [5.41, 5.74) is 0. The second kappa shape index (κ2) is 12.2. The fourth-order valence-electron chi connectivity index (χ4n) is 2.19. The van der Waals surface area contributed by atoms with Gasteiger partial charge in [-0.2, -0.15) is 16.8 Å². The smallest absolute Gasteiger partial charge is 0.282 e. The van der Waals surface area contributed by atoms with E-state index in [9.17, 15) is 8.42 Å². The van der Waals surface area contributed by atoms with E-state index in [0.29, 0.717) is 6.61 Å².